The topological polar surface area (TPSA) is 55.6 Å². The summed E-state index contributed by atoms with van der Waals surface area (Å²) in [4.78, 5) is 4.48. The van der Waals surface area contributed by atoms with Crippen LogP contribution >= 0.6 is 22.9 Å². The molecular formula is C11H10ClN5S. The number of hydrogen-bond donors (Lipinski definition) is 1. The van der Waals surface area contributed by atoms with Gasteiger partial charge in [-0.3, -0.25) is 4.68 Å². The van der Waals surface area contributed by atoms with Crippen molar-refractivity contribution in [3.63, 3.8) is 0 Å². The lowest BCUT2D eigenvalue weighted by molar-refractivity contribution is 0.609. The van der Waals surface area contributed by atoms with E-state index >= 15 is 0 Å². The van der Waals surface area contributed by atoms with Crippen molar-refractivity contribution in [1.29, 1.82) is 0 Å². The molecule has 0 amide bonds. The molecule has 3 rings (SSSR count). The van der Waals surface area contributed by atoms with Gasteiger partial charge < -0.3 is 5.32 Å². The second-order valence-electron chi connectivity index (χ2n) is 3.72. The molecule has 5 nitrogen and oxygen atoms in total. The van der Waals surface area contributed by atoms with Gasteiger partial charge in [-0.15, -0.1) is 5.10 Å². The summed E-state index contributed by atoms with van der Waals surface area (Å²) in [5.74, 6) is 0. The number of aromatic nitrogens is 4. The molecule has 0 saturated heterocycles. The van der Waals surface area contributed by atoms with Crippen molar-refractivity contribution in [2.24, 2.45) is 0 Å². The summed E-state index contributed by atoms with van der Waals surface area (Å²) in [6, 6.07) is 5.71. The third-order valence-corrected chi connectivity index (χ3v) is 3.65. The average Bonchev–Trinajstić information content (AvgIpc) is 2.97. The van der Waals surface area contributed by atoms with Gasteiger partial charge >= 0.3 is 0 Å². The van der Waals surface area contributed by atoms with Gasteiger partial charge in [0, 0.05) is 17.8 Å². The van der Waals surface area contributed by atoms with Gasteiger partial charge in [0.1, 0.15) is 0 Å². The van der Waals surface area contributed by atoms with E-state index in [9.17, 15) is 0 Å². The summed E-state index contributed by atoms with van der Waals surface area (Å²) in [7, 11) is 0. The highest BCUT2D eigenvalue weighted by Crippen LogP contribution is 2.27. The van der Waals surface area contributed by atoms with Crippen LogP contribution in [0.2, 0.25) is 5.02 Å². The highest BCUT2D eigenvalue weighted by atomic mass is 35.5. The average molecular weight is 280 g/mol. The molecule has 0 aliphatic rings. The van der Waals surface area contributed by atoms with E-state index in [1.54, 1.807) is 22.2 Å². The van der Waals surface area contributed by atoms with Crippen LogP contribution < -0.4 is 5.32 Å². The molecule has 0 radical (unpaired) electrons. The maximum Gasteiger partial charge on any atom is 0.183 e. The van der Waals surface area contributed by atoms with Gasteiger partial charge in [0.25, 0.3) is 0 Å². The summed E-state index contributed by atoms with van der Waals surface area (Å²) in [5, 5.41) is 12.5. The first-order chi connectivity index (χ1) is 8.81. The summed E-state index contributed by atoms with van der Waals surface area (Å²) < 4.78 is 2.86. The smallest absolute Gasteiger partial charge is 0.183 e. The van der Waals surface area contributed by atoms with Crippen molar-refractivity contribution in [2.45, 2.75) is 6.54 Å². The number of hydrogen-bond acceptors (Lipinski definition) is 5. The lowest BCUT2D eigenvalue weighted by atomic mass is 10.3. The zero-order valence-corrected chi connectivity index (χ0v) is 10.9. The van der Waals surface area contributed by atoms with Crippen LogP contribution in [0.25, 0.3) is 10.2 Å². The Morgan fingerprint density at radius 2 is 2.33 bits per heavy atom. The van der Waals surface area contributed by atoms with Gasteiger partial charge in [0.15, 0.2) is 5.13 Å². The van der Waals surface area contributed by atoms with E-state index < -0.39 is 0 Å². The highest BCUT2D eigenvalue weighted by molar-refractivity contribution is 7.22. The third-order valence-electron chi connectivity index (χ3n) is 2.44. The lowest BCUT2D eigenvalue weighted by Gasteiger charge is -2.01. The largest absolute Gasteiger partial charge is 0.360 e. The van der Waals surface area contributed by atoms with E-state index in [2.05, 4.69) is 20.6 Å². The summed E-state index contributed by atoms with van der Waals surface area (Å²) in [5.41, 5.74) is 0.965. The Kier molecular flexibility index (Phi) is 3.12. The van der Waals surface area contributed by atoms with E-state index in [-0.39, 0.29) is 0 Å². The molecular weight excluding hydrogens is 270 g/mol. The van der Waals surface area contributed by atoms with Crippen LogP contribution in [0.5, 0.6) is 0 Å². The molecule has 0 bridgehead atoms. The Hall–Kier alpha value is -1.66. The van der Waals surface area contributed by atoms with Crippen molar-refractivity contribution in [1.82, 2.24) is 20.0 Å². The van der Waals surface area contributed by atoms with Gasteiger partial charge in [-0.1, -0.05) is 28.2 Å². The van der Waals surface area contributed by atoms with Gasteiger partial charge in [-0.2, -0.15) is 0 Å². The molecule has 0 fully saturated rings. The Morgan fingerprint density at radius 3 is 3.17 bits per heavy atom. The summed E-state index contributed by atoms with van der Waals surface area (Å²) >= 11 is 7.54. The fourth-order valence-corrected chi connectivity index (χ4v) is 2.77. The summed E-state index contributed by atoms with van der Waals surface area (Å²) in [6.07, 6.45) is 3.50. The van der Waals surface area contributed by atoms with Crippen molar-refractivity contribution >= 4 is 38.3 Å². The first-order valence-electron chi connectivity index (χ1n) is 5.45. The minimum atomic E-state index is 0.736. The van der Waals surface area contributed by atoms with E-state index in [1.165, 1.54) is 0 Å². The standard InChI is InChI=1S/C11H10ClN5S/c12-8-1-2-9-10(7-8)18-11(15-9)13-3-5-17-6-4-14-16-17/h1-2,4,6-7H,3,5H2,(H,13,15). The normalized spacial score (nSPS) is 10.9. The Bertz CT molecular complexity index is 649. The van der Waals surface area contributed by atoms with Crippen LogP contribution in [0.4, 0.5) is 5.13 Å². The molecule has 92 valence electrons. The van der Waals surface area contributed by atoms with Crippen molar-refractivity contribution < 1.29 is 0 Å². The number of anilines is 1. The maximum absolute atomic E-state index is 5.94. The molecule has 0 saturated carbocycles. The zero-order valence-electron chi connectivity index (χ0n) is 9.38. The van der Waals surface area contributed by atoms with Crippen LogP contribution in [0.15, 0.2) is 30.6 Å². The molecule has 0 spiro atoms. The maximum atomic E-state index is 5.94. The number of halogens is 1. The second-order valence-corrected chi connectivity index (χ2v) is 5.19. The zero-order chi connectivity index (χ0) is 12.4. The van der Waals surface area contributed by atoms with E-state index in [1.807, 2.05) is 24.4 Å². The first-order valence-corrected chi connectivity index (χ1v) is 6.65. The Balaban J connectivity index is 1.67. The SMILES string of the molecule is Clc1ccc2nc(NCCn3ccnn3)sc2c1. The van der Waals surface area contributed by atoms with Crippen LogP contribution in [0.1, 0.15) is 0 Å². The van der Waals surface area contributed by atoms with E-state index in [0.717, 1.165) is 33.5 Å². The lowest BCUT2D eigenvalue weighted by Crippen LogP contribution is -2.10. The number of benzene rings is 1. The number of rotatable bonds is 4. The molecule has 0 aliphatic carbocycles. The van der Waals surface area contributed by atoms with Crippen molar-refractivity contribution in [2.75, 3.05) is 11.9 Å². The summed E-state index contributed by atoms with van der Waals surface area (Å²) in [6.45, 7) is 1.52. The van der Waals surface area contributed by atoms with Crippen LogP contribution in [0, 0.1) is 0 Å². The van der Waals surface area contributed by atoms with Gasteiger partial charge in [0.2, 0.25) is 0 Å². The quantitative estimate of drug-likeness (QED) is 0.798. The minimum absolute atomic E-state index is 0.736. The molecule has 2 heterocycles. The number of nitrogens with one attached hydrogen (secondary N) is 1. The number of thiazole rings is 1. The van der Waals surface area contributed by atoms with Crippen molar-refractivity contribution in [3.05, 3.63) is 35.6 Å². The minimum Gasteiger partial charge on any atom is -0.360 e. The van der Waals surface area contributed by atoms with Crippen LogP contribution in [0.3, 0.4) is 0 Å². The van der Waals surface area contributed by atoms with Gasteiger partial charge in [-0.05, 0) is 18.2 Å². The number of fused-ring (bicyclic) bond motifs is 1. The fourth-order valence-electron chi connectivity index (χ4n) is 1.60. The molecule has 0 aliphatic heterocycles. The predicted octanol–water partition coefficient (Wildman–Crippen LogP) is 2.65. The fraction of sp³-hybridized carbons (Fsp3) is 0.182. The van der Waals surface area contributed by atoms with Gasteiger partial charge in [0.05, 0.1) is 23.0 Å². The Labute approximate surface area is 112 Å². The Morgan fingerprint density at radius 1 is 1.39 bits per heavy atom. The predicted molar refractivity (Wildman–Crippen MR) is 73.1 cm³/mol. The van der Waals surface area contributed by atoms with Crippen molar-refractivity contribution in [3.8, 4) is 0 Å². The molecule has 0 unspecified atom stereocenters. The third kappa shape index (κ3) is 2.44. The van der Waals surface area contributed by atoms with Crippen LogP contribution in [-0.2, 0) is 6.54 Å². The molecule has 7 heteroatoms. The molecule has 3 aromatic rings. The molecule has 2 aromatic heterocycles. The van der Waals surface area contributed by atoms with E-state index in [4.69, 9.17) is 11.6 Å². The first kappa shape index (κ1) is 11.4. The van der Waals surface area contributed by atoms with Crippen LogP contribution in [-0.4, -0.2) is 26.5 Å². The molecule has 18 heavy (non-hydrogen) atoms. The van der Waals surface area contributed by atoms with E-state index in [0.29, 0.717) is 0 Å². The molecule has 0 atom stereocenters. The molecule has 1 N–H and O–H groups in total. The molecule has 1 aromatic carbocycles. The number of nitrogens with zero attached hydrogens (tertiary/aromatic N) is 4. The second kappa shape index (κ2) is 4.91. The monoisotopic (exact) mass is 279 g/mol. The highest BCUT2D eigenvalue weighted by Gasteiger charge is 2.03. The van der Waals surface area contributed by atoms with Gasteiger partial charge in [-0.25, -0.2) is 4.98 Å².